The summed E-state index contributed by atoms with van der Waals surface area (Å²) < 4.78 is 29.4. The lowest BCUT2D eigenvalue weighted by Gasteiger charge is -2.04. The average molecular weight is 287 g/mol. The fraction of sp³-hybridized carbons (Fsp3) is 0.167. The van der Waals surface area contributed by atoms with Crippen LogP contribution in [0.15, 0.2) is 45.7 Å². The van der Waals surface area contributed by atoms with Crippen molar-refractivity contribution in [2.45, 2.75) is 17.3 Å². The van der Waals surface area contributed by atoms with Crippen molar-refractivity contribution in [3.05, 3.63) is 52.9 Å². The summed E-state index contributed by atoms with van der Waals surface area (Å²) >= 11 is 5.86. The second kappa shape index (κ2) is 5.14. The van der Waals surface area contributed by atoms with Crippen molar-refractivity contribution in [2.24, 2.45) is 0 Å². The highest BCUT2D eigenvalue weighted by atomic mass is 35.5. The van der Waals surface area contributed by atoms with Crippen LogP contribution in [0.5, 0.6) is 0 Å². The summed E-state index contributed by atoms with van der Waals surface area (Å²) in [4.78, 5) is 0.0774. The van der Waals surface area contributed by atoms with Gasteiger partial charge in [-0.3, -0.25) is 0 Å². The average Bonchev–Trinajstić information content (AvgIpc) is 2.76. The third-order valence-corrected chi connectivity index (χ3v) is 4.51. The van der Waals surface area contributed by atoms with Crippen molar-refractivity contribution in [3.8, 4) is 0 Å². The minimum Gasteiger partial charge on any atom is -0.463 e. The molecule has 0 bridgehead atoms. The van der Waals surface area contributed by atoms with E-state index in [0.717, 1.165) is 0 Å². The van der Waals surface area contributed by atoms with Crippen LogP contribution in [0.25, 0.3) is 0 Å². The summed E-state index contributed by atoms with van der Waals surface area (Å²) in [5.41, 5.74) is 0. The van der Waals surface area contributed by atoms with Crippen LogP contribution in [0.3, 0.4) is 0 Å². The lowest BCUT2D eigenvalue weighted by Crippen LogP contribution is -2.04. The Morgan fingerprint density at radius 3 is 2.39 bits per heavy atom. The standard InChI is InChI=1S/C12H11ClO4S/c13-11-3-1-2-4-12(11)18(15,16)8-10-6-5-9(7-14)17-10/h1-6,14H,7-8H2. The molecule has 2 rings (SSSR count). The summed E-state index contributed by atoms with van der Waals surface area (Å²) in [6.07, 6.45) is 0. The largest absolute Gasteiger partial charge is 0.463 e. The van der Waals surface area contributed by atoms with E-state index in [1.165, 1.54) is 24.3 Å². The molecule has 1 heterocycles. The molecule has 0 saturated carbocycles. The van der Waals surface area contributed by atoms with Crippen molar-refractivity contribution >= 4 is 21.4 Å². The highest BCUT2D eigenvalue weighted by Gasteiger charge is 2.20. The molecule has 0 radical (unpaired) electrons. The van der Waals surface area contributed by atoms with Gasteiger partial charge in [0.1, 0.15) is 23.9 Å². The van der Waals surface area contributed by atoms with Crippen molar-refractivity contribution in [1.29, 1.82) is 0 Å². The van der Waals surface area contributed by atoms with Crippen LogP contribution in [-0.4, -0.2) is 13.5 Å². The molecule has 0 saturated heterocycles. The molecule has 96 valence electrons. The van der Waals surface area contributed by atoms with E-state index in [1.54, 1.807) is 12.1 Å². The number of sulfone groups is 1. The molecule has 0 atom stereocenters. The summed E-state index contributed by atoms with van der Waals surface area (Å²) in [6.45, 7) is -0.258. The highest BCUT2D eigenvalue weighted by Crippen LogP contribution is 2.24. The second-order valence-electron chi connectivity index (χ2n) is 3.72. The molecule has 1 aromatic heterocycles. The minimum absolute atomic E-state index is 0.0774. The molecule has 0 spiro atoms. The molecule has 1 aromatic carbocycles. The lowest BCUT2D eigenvalue weighted by molar-refractivity contribution is 0.244. The van der Waals surface area contributed by atoms with Crippen LogP contribution in [-0.2, 0) is 22.2 Å². The first-order chi connectivity index (χ1) is 8.53. The first-order valence-electron chi connectivity index (χ1n) is 5.18. The number of rotatable bonds is 4. The topological polar surface area (TPSA) is 67.5 Å². The number of furan rings is 1. The van der Waals surface area contributed by atoms with E-state index in [2.05, 4.69) is 0 Å². The quantitative estimate of drug-likeness (QED) is 0.937. The number of hydrogen-bond acceptors (Lipinski definition) is 4. The SMILES string of the molecule is O=S(=O)(Cc1ccc(CO)o1)c1ccccc1Cl. The van der Waals surface area contributed by atoms with Gasteiger partial charge in [-0.15, -0.1) is 0 Å². The van der Waals surface area contributed by atoms with Crippen LogP contribution < -0.4 is 0 Å². The maximum Gasteiger partial charge on any atom is 0.187 e. The summed E-state index contributed by atoms with van der Waals surface area (Å²) in [7, 11) is -3.55. The maximum atomic E-state index is 12.1. The number of halogens is 1. The molecular formula is C12H11ClO4S. The molecular weight excluding hydrogens is 276 g/mol. The van der Waals surface area contributed by atoms with Gasteiger partial charge in [-0.2, -0.15) is 0 Å². The third-order valence-electron chi connectivity index (χ3n) is 2.38. The van der Waals surface area contributed by atoms with E-state index in [-0.39, 0.29) is 28.0 Å². The Morgan fingerprint density at radius 2 is 1.78 bits per heavy atom. The zero-order valence-corrected chi connectivity index (χ0v) is 10.9. The van der Waals surface area contributed by atoms with E-state index < -0.39 is 9.84 Å². The van der Waals surface area contributed by atoms with Crippen LogP contribution in [0.4, 0.5) is 0 Å². The van der Waals surface area contributed by atoms with Gasteiger partial charge in [0, 0.05) is 0 Å². The summed E-state index contributed by atoms with van der Waals surface area (Å²) in [5.74, 6) is 0.329. The van der Waals surface area contributed by atoms with E-state index in [0.29, 0.717) is 5.76 Å². The van der Waals surface area contributed by atoms with Crippen molar-refractivity contribution in [2.75, 3.05) is 0 Å². The Hall–Kier alpha value is -1.30. The zero-order valence-electron chi connectivity index (χ0n) is 9.34. The lowest BCUT2D eigenvalue weighted by atomic mass is 10.4. The molecule has 4 nitrogen and oxygen atoms in total. The predicted molar refractivity (Wildman–Crippen MR) is 67.0 cm³/mol. The summed E-state index contributed by atoms with van der Waals surface area (Å²) in [5, 5.41) is 9.03. The van der Waals surface area contributed by atoms with Crippen molar-refractivity contribution in [3.63, 3.8) is 0 Å². The zero-order chi connectivity index (χ0) is 13.2. The minimum atomic E-state index is -3.55. The van der Waals surface area contributed by atoms with Crippen LogP contribution >= 0.6 is 11.6 Å². The van der Waals surface area contributed by atoms with Crippen molar-refractivity contribution < 1.29 is 17.9 Å². The van der Waals surface area contributed by atoms with Crippen LogP contribution in [0.1, 0.15) is 11.5 Å². The van der Waals surface area contributed by atoms with Crippen LogP contribution in [0.2, 0.25) is 5.02 Å². The van der Waals surface area contributed by atoms with Gasteiger partial charge in [0.2, 0.25) is 0 Å². The molecule has 18 heavy (non-hydrogen) atoms. The first-order valence-corrected chi connectivity index (χ1v) is 7.21. The van der Waals surface area contributed by atoms with E-state index in [1.807, 2.05) is 0 Å². The molecule has 0 amide bonds. The fourth-order valence-electron chi connectivity index (χ4n) is 1.55. The Labute approximate surface area is 110 Å². The molecule has 0 aliphatic heterocycles. The smallest absolute Gasteiger partial charge is 0.187 e. The number of aliphatic hydroxyl groups is 1. The molecule has 0 fully saturated rings. The second-order valence-corrected chi connectivity index (χ2v) is 6.08. The van der Waals surface area contributed by atoms with Gasteiger partial charge in [0.15, 0.2) is 9.84 Å². The van der Waals surface area contributed by atoms with Gasteiger partial charge in [0.05, 0.1) is 9.92 Å². The molecule has 0 aliphatic rings. The van der Waals surface area contributed by atoms with Crippen LogP contribution in [0, 0.1) is 0 Å². The Morgan fingerprint density at radius 1 is 1.11 bits per heavy atom. The molecule has 2 aromatic rings. The normalized spacial score (nSPS) is 11.7. The van der Waals surface area contributed by atoms with E-state index >= 15 is 0 Å². The predicted octanol–water partition coefficient (Wildman–Crippen LogP) is 2.40. The third kappa shape index (κ3) is 2.75. The van der Waals surface area contributed by atoms with E-state index in [4.69, 9.17) is 21.1 Å². The van der Waals surface area contributed by atoms with E-state index in [9.17, 15) is 8.42 Å². The molecule has 6 heteroatoms. The Balaban J connectivity index is 2.30. The number of aliphatic hydroxyl groups excluding tert-OH is 1. The monoisotopic (exact) mass is 286 g/mol. The number of hydrogen-bond donors (Lipinski definition) is 1. The highest BCUT2D eigenvalue weighted by molar-refractivity contribution is 7.90. The molecule has 0 unspecified atom stereocenters. The molecule has 0 aliphatic carbocycles. The van der Waals surface area contributed by atoms with Gasteiger partial charge >= 0.3 is 0 Å². The van der Waals surface area contributed by atoms with Gasteiger partial charge in [-0.1, -0.05) is 23.7 Å². The first kappa shape index (κ1) is 13.1. The van der Waals surface area contributed by atoms with Gasteiger partial charge in [-0.05, 0) is 24.3 Å². The van der Waals surface area contributed by atoms with Gasteiger partial charge < -0.3 is 9.52 Å². The maximum absolute atomic E-state index is 12.1. The van der Waals surface area contributed by atoms with Gasteiger partial charge in [0.25, 0.3) is 0 Å². The fourth-order valence-corrected chi connectivity index (χ4v) is 3.37. The van der Waals surface area contributed by atoms with Crippen molar-refractivity contribution in [1.82, 2.24) is 0 Å². The summed E-state index contributed by atoms with van der Waals surface area (Å²) in [6, 6.07) is 9.32. The number of benzene rings is 1. The molecule has 1 N–H and O–H groups in total. The van der Waals surface area contributed by atoms with Gasteiger partial charge in [-0.25, -0.2) is 8.42 Å². The Bertz CT molecular complexity index is 646. The Kier molecular flexibility index (Phi) is 3.75.